The van der Waals surface area contributed by atoms with Gasteiger partial charge in [-0.15, -0.1) is 0 Å². The second-order valence-electron chi connectivity index (χ2n) is 6.08. The Morgan fingerprint density at radius 2 is 2.08 bits per heavy atom. The summed E-state index contributed by atoms with van der Waals surface area (Å²) in [5, 5.41) is 17.6. The number of carbonyl (C=O) groups is 1. The van der Waals surface area contributed by atoms with Gasteiger partial charge < -0.3 is 9.73 Å². The Morgan fingerprint density at radius 3 is 2.75 bits per heavy atom. The van der Waals surface area contributed by atoms with Gasteiger partial charge in [0.25, 0.3) is 5.91 Å². The van der Waals surface area contributed by atoms with E-state index < -0.39 is 4.92 Å². The molecule has 1 aliphatic carbocycles. The van der Waals surface area contributed by atoms with Crippen molar-refractivity contribution in [2.45, 2.75) is 51.1 Å². The van der Waals surface area contributed by atoms with Crippen molar-refractivity contribution in [3.8, 4) is 0 Å². The van der Waals surface area contributed by atoms with Crippen molar-refractivity contribution in [1.82, 2.24) is 15.1 Å². The quantitative estimate of drug-likeness (QED) is 0.515. The van der Waals surface area contributed by atoms with Crippen molar-refractivity contribution in [2.24, 2.45) is 0 Å². The van der Waals surface area contributed by atoms with Gasteiger partial charge in [-0.1, -0.05) is 25.7 Å². The fraction of sp³-hybridized carbons (Fsp3) is 0.500. The first-order valence-corrected chi connectivity index (χ1v) is 8.18. The summed E-state index contributed by atoms with van der Waals surface area (Å²) in [6.45, 7) is 0.241. The van der Waals surface area contributed by atoms with Gasteiger partial charge in [0.2, 0.25) is 0 Å². The molecule has 0 bridgehead atoms. The second-order valence-corrected chi connectivity index (χ2v) is 6.08. The first-order valence-electron chi connectivity index (χ1n) is 8.18. The number of nitro groups is 1. The molecule has 128 valence electrons. The van der Waals surface area contributed by atoms with E-state index in [1.165, 1.54) is 29.9 Å². The van der Waals surface area contributed by atoms with Crippen molar-refractivity contribution < 1.29 is 14.1 Å². The maximum absolute atomic E-state index is 12.3. The molecule has 0 radical (unpaired) electrons. The second kappa shape index (κ2) is 7.29. The lowest BCUT2D eigenvalue weighted by molar-refractivity contribution is -0.385. The zero-order valence-electron chi connectivity index (χ0n) is 13.3. The molecule has 3 rings (SSSR count). The molecule has 0 aliphatic heterocycles. The Bertz CT molecular complexity index is 713. The van der Waals surface area contributed by atoms with Gasteiger partial charge in [-0.3, -0.25) is 19.6 Å². The summed E-state index contributed by atoms with van der Waals surface area (Å²) < 4.78 is 6.96. The monoisotopic (exact) mass is 332 g/mol. The van der Waals surface area contributed by atoms with E-state index in [0.717, 1.165) is 25.7 Å². The van der Waals surface area contributed by atoms with Crippen LogP contribution in [0.25, 0.3) is 0 Å². The van der Waals surface area contributed by atoms with Gasteiger partial charge in [0.05, 0.1) is 11.5 Å². The summed E-state index contributed by atoms with van der Waals surface area (Å²) in [5.74, 6) is 0.578. The third-order valence-corrected chi connectivity index (χ3v) is 4.22. The van der Waals surface area contributed by atoms with Crippen LogP contribution in [0.5, 0.6) is 0 Å². The Hall–Kier alpha value is -2.64. The Labute approximate surface area is 139 Å². The minimum Gasteiger partial charge on any atom is -0.454 e. The van der Waals surface area contributed by atoms with E-state index in [4.69, 9.17) is 4.42 Å². The first kappa shape index (κ1) is 16.2. The zero-order valence-corrected chi connectivity index (χ0v) is 13.3. The number of amides is 1. The molecule has 1 amide bonds. The van der Waals surface area contributed by atoms with Crippen LogP contribution in [0.2, 0.25) is 0 Å². The molecule has 0 unspecified atom stereocenters. The highest BCUT2D eigenvalue weighted by molar-refractivity contribution is 5.91. The summed E-state index contributed by atoms with van der Waals surface area (Å²) in [6.07, 6.45) is 9.28. The van der Waals surface area contributed by atoms with Crippen molar-refractivity contribution in [2.75, 3.05) is 0 Å². The van der Waals surface area contributed by atoms with Gasteiger partial charge in [-0.2, -0.15) is 5.10 Å². The lowest BCUT2D eigenvalue weighted by Crippen LogP contribution is -2.34. The number of hydrogen-bond donors (Lipinski definition) is 1. The minimum absolute atomic E-state index is 0.0760. The molecule has 0 spiro atoms. The van der Waals surface area contributed by atoms with Crippen LogP contribution in [0.4, 0.5) is 5.69 Å². The van der Waals surface area contributed by atoms with E-state index >= 15 is 0 Å². The summed E-state index contributed by atoms with van der Waals surface area (Å²) in [7, 11) is 0. The SMILES string of the molecule is O=C(NC1CCCCCC1)c1ccc(Cn2cc([N+](=O)[O-])cn2)o1. The number of furan rings is 1. The molecular formula is C16H20N4O4. The zero-order chi connectivity index (χ0) is 16.9. The van der Waals surface area contributed by atoms with Crippen LogP contribution in [0.3, 0.4) is 0 Å². The van der Waals surface area contributed by atoms with E-state index in [9.17, 15) is 14.9 Å². The average Bonchev–Trinajstić information content (AvgIpc) is 3.14. The summed E-state index contributed by atoms with van der Waals surface area (Å²) >= 11 is 0. The maximum atomic E-state index is 12.3. The lowest BCUT2D eigenvalue weighted by atomic mass is 10.1. The number of aromatic nitrogens is 2. The van der Waals surface area contributed by atoms with Crippen LogP contribution >= 0.6 is 0 Å². The Kier molecular flexibility index (Phi) is 4.93. The van der Waals surface area contributed by atoms with Crippen molar-refractivity contribution in [3.63, 3.8) is 0 Å². The van der Waals surface area contributed by atoms with Crippen molar-refractivity contribution in [1.29, 1.82) is 0 Å². The summed E-state index contributed by atoms with van der Waals surface area (Å²) in [5.41, 5.74) is -0.0760. The van der Waals surface area contributed by atoms with Gasteiger partial charge in [0, 0.05) is 6.04 Å². The predicted molar refractivity (Wildman–Crippen MR) is 85.6 cm³/mol. The van der Waals surface area contributed by atoms with Crippen LogP contribution in [0.15, 0.2) is 28.9 Å². The third kappa shape index (κ3) is 4.01. The standard InChI is InChI=1S/C16H20N4O4/c21-16(18-12-5-3-1-2-4-6-12)15-8-7-14(24-15)11-19-10-13(9-17-19)20(22)23/h7-10,12H,1-6,11H2,(H,18,21). The van der Waals surface area contributed by atoms with Crippen molar-refractivity contribution in [3.05, 3.63) is 46.2 Å². The molecule has 1 fully saturated rings. The largest absolute Gasteiger partial charge is 0.454 e. The molecule has 2 aromatic rings. The number of hydrogen-bond acceptors (Lipinski definition) is 5. The highest BCUT2D eigenvalue weighted by Gasteiger charge is 2.18. The van der Waals surface area contributed by atoms with Crippen LogP contribution in [0.1, 0.15) is 54.8 Å². The van der Waals surface area contributed by atoms with Crippen molar-refractivity contribution >= 4 is 11.6 Å². The molecule has 2 heterocycles. The number of nitrogens with zero attached hydrogens (tertiary/aromatic N) is 3. The molecule has 1 saturated carbocycles. The molecule has 1 N–H and O–H groups in total. The molecule has 2 aromatic heterocycles. The normalized spacial score (nSPS) is 15.8. The average molecular weight is 332 g/mol. The molecular weight excluding hydrogens is 312 g/mol. The van der Waals surface area contributed by atoms with Crippen LogP contribution in [-0.2, 0) is 6.54 Å². The Morgan fingerprint density at radius 1 is 1.33 bits per heavy atom. The van der Waals surface area contributed by atoms with E-state index in [0.29, 0.717) is 5.76 Å². The summed E-state index contributed by atoms with van der Waals surface area (Å²) in [6, 6.07) is 3.52. The van der Waals surface area contributed by atoms with Gasteiger partial charge in [-0.25, -0.2) is 0 Å². The fourth-order valence-electron chi connectivity index (χ4n) is 2.96. The first-order chi connectivity index (χ1) is 11.6. The van der Waals surface area contributed by atoms with Crippen LogP contribution < -0.4 is 5.32 Å². The molecule has 8 nitrogen and oxygen atoms in total. The molecule has 24 heavy (non-hydrogen) atoms. The third-order valence-electron chi connectivity index (χ3n) is 4.22. The smallest absolute Gasteiger partial charge is 0.307 e. The predicted octanol–water partition coefficient (Wildman–Crippen LogP) is 2.89. The highest BCUT2D eigenvalue weighted by atomic mass is 16.6. The molecule has 0 saturated heterocycles. The number of rotatable bonds is 5. The molecule has 8 heteroatoms. The number of carbonyl (C=O) groups excluding carboxylic acids is 1. The fourth-order valence-corrected chi connectivity index (χ4v) is 2.96. The van der Waals surface area contributed by atoms with Gasteiger partial charge in [0.15, 0.2) is 5.76 Å². The topological polar surface area (TPSA) is 103 Å². The minimum atomic E-state index is -0.503. The molecule has 0 aromatic carbocycles. The van der Waals surface area contributed by atoms with Gasteiger partial charge in [0.1, 0.15) is 18.2 Å². The van der Waals surface area contributed by atoms with E-state index in [1.807, 2.05) is 0 Å². The van der Waals surface area contributed by atoms with Gasteiger partial charge in [-0.05, 0) is 25.0 Å². The number of nitrogens with one attached hydrogen (secondary N) is 1. The maximum Gasteiger partial charge on any atom is 0.307 e. The highest BCUT2D eigenvalue weighted by Crippen LogP contribution is 2.18. The van der Waals surface area contributed by atoms with Crippen LogP contribution in [0, 0.1) is 10.1 Å². The molecule has 1 aliphatic rings. The lowest BCUT2D eigenvalue weighted by Gasteiger charge is -2.14. The van der Waals surface area contributed by atoms with E-state index in [2.05, 4.69) is 10.4 Å². The summed E-state index contributed by atoms with van der Waals surface area (Å²) in [4.78, 5) is 22.4. The Balaban J connectivity index is 1.59. The van der Waals surface area contributed by atoms with E-state index in [-0.39, 0.29) is 29.9 Å². The molecule has 0 atom stereocenters. The van der Waals surface area contributed by atoms with Gasteiger partial charge >= 0.3 is 5.69 Å². The van der Waals surface area contributed by atoms with E-state index in [1.54, 1.807) is 12.1 Å². The van der Waals surface area contributed by atoms with Crippen LogP contribution in [-0.4, -0.2) is 26.7 Å².